The summed E-state index contributed by atoms with van der Waals surface area (Å²) >= 11 is 0. The second kappa shape index (κ2) is 9.03. The standard InChI is InChI=1S/C21H23N3O4/c1-4-27-17-10-9-16(13-18(17)26-3)22-19(25)11-12-20-23-21(24-28-20)15-7-5-14(2)6-8-15/h5-10,13H,4,11-12H2,1-3H3,(H,22,25). The molecule has 0 radical (unpaired) electrons. The Bertz CT molecular complexity index is 935. The van der Waals surface area contributed by atoms with E-state index < -0.39 is 0 Å². The van der Waals surface area contributed by atoms with E-state index in [1.807, 2.05) is 38.1 Å². The molecular weight excluding hydrogens is 358 g/mol. The number of benzene rings is 2. The van der Waals surface area contributed by atoms with Gasteiger partial charge in [-0.1, -0.05) is 35.0 Å². The molecule has 1 heterocycles. The number of aromatic nitrogens is 2. The predicted molar refractivity (Wildman–Crippen MR) is 106 cm³/mol. The van der Waals surface area contributed by atoms with Crippen LogP contribution in [0.15, 0.2) is 47.0 Å². The zero-order valence-corrected chi connectivity index (χ0v) is 16.2. The van der Waals surface area contributed by atoms with E-state index in [0.29, 0.717) is 41.9 Å². The lowest BCUT2D eigenvalue weighted by molar-refractivity contribution is -0.116. The molecule has 0 saturated carbocycles. The molecule has 2 aromatic carbocycles. The van der Waals surface area contributed by atoms with Crippen molar-refractivity contribution in [3.05, 3.63) is 53.9 Å². The molecule has 1 N–H and O–H groups in total. The molecule has 0 bridgehead atoms. The van der Waals surface area contributed by atoms with Gasteiger partial charge < -0.3 is 19.3 Å². The van der Waals surface area contributed by atoms with Gasteiger partial charge in [0.25, 0.3) is 0 Å². The second-order valence-corrected chi connectivity index (χ2v) is 6.22. The highest BCUT2D eigenvalue weighted by molar-refractivity contribution is 5.91. The van der Waals surface area contributed by atoms with Gasteiger partial charge in [0.1, 0.15) is 0 Å². The third kappa shape index (κ3) is 4.88. The lowest BCUT2D eigenvalue weighted by Gasteiger charge is -2.11. The molecule has 0 aliphatic heterocycles. The maximum atomic E-state index is 12.2. The van der Waals surface area contributed by atoms with Crippen molar-refractivity contribution in [3.63, 3.8) is 0 Å². The monoisotopic (exact) mass is 381 g/mol. The fourth-order valence-electron chi connectivity index (χ4n) is 2.64. The molecule has 0 fully saturated rings. The summed E-state index contributed by atoms with van der Waals surface area (Å²) in [6.07, 6.45) is 0.587. The third-order valence-corrected chi connectivity index (χ3v) is 4.09. The Kier molecular flexibility index (Phi) is 6.26. The smallest absolute Gasteiger partial charge is 0.227 e. The van der Waals surface area contributed by atoms with Crippen molar-refractivity contribution in [2.45, 2.75) is 26.7 Å². The number of hydrogen-bond acceptors (Lipinski definition) is 6. The van der Waals surface area contributed by atoms with Gasteiger partial charge in [-0.2, -0.15) is 4.98 Å². The molecule has 7 heteroatoms. The van der Waals surface area contributed by atoms with Crippen LogP contribution in [0, 0.1) is 6.92 Å². The zero-order chi connectivity index (χ0) is 19.9. The zero-order valence-electron chi connectivity index (χ0n) is 16.2. The molecule has 28 heavy (non-hydrogen) atoms. The first-order valence-electron chi connectivity index (χ1n) is 9.09. The highest BCUT2D eigenvalue weighted by Gasteiger charge is 2.12. The Morgan fingerprint density at radius 3 is 2.64 bits per heavy atom. The van der Waals surface area contributed by atoms with Gasteiger partial charge in [-0.05, 0) is 26.0 Å². The minimum Gasteiger partial charge on any atom is -0.493 e. The van der Waals surface area contributed by atoms with Crippen molar-refractivity contribution in [2.24, 2.45) is 0 Å². The normalized spacial score (nSPS) is 10.5. The van der Waals surface area contributed by atoms with Crippen molar-refractivity contribution >= 4 is 11.6 Å². The number of ether oxygens (including phenoxy) is 2. The second-order valence-electron chi connectivity index (χ2n) is 6.22. The van der Waals surface area contributed by atoms with E-state index in [9.17, 15) is 4.79 Å². The molecule has 3 aromatic rings. The van der Waals surface area contributed by atoms with Gasteiger partial charge in [-0.25, -0.2) is 0 Å². The first-order valence-corrected chi connectivity index (χ1v) is 9.09. The molecule has 1 aromatic heterocycles. The number of anilines is 1. The fourth-order valence-corrected chi connectivity index (χ4v) is 2.64. The van der Waals surface area contributed by atoms with Gasteiger partial charge >= 0.3 is 0 Å². The Morgan fingerprint density at radius 2 is 1.93 bits per heavy atom. The summed E-state index contributed by atoms with van der Waals surface area (Å²) in [4.78, 5) is 16.6. The molecule has 7 nitrogen and oxygen atoms in total. The number of amides is 1. The van der Waals surface area contributed by atoms with Gasteiger partial charge in [0.05, 0.1) is 13.7 Å². The van der Waals surface area contributed by atoms with Crippen LogP contribution < -0.4 is 14.8 Å². The molecule has 0 aliphatic carbocycles. The van der Waals surface area contributed by atoms with E-state index in [2.05, 4.69) is 15.5 Å². The van der Waals surface area contributed by atoms with E-state index in [1.165, 1.54) is 0 Å². The van der Waals surface area contributed by atoms with Crippen LogP contribution in [0.25, 0.3) is 11.4 Å². The van der Waals surface area contributed by atoms with Crippen molar-refractivity contribution in [2.75, 3.05) is 19.0 Å². The first kappa shape index (κ1) is 19.4. The lowest BCUT2D eigenvalue weighted by Crippen LogP contribution is -2.12. The van der Waals surface area contributed by atoms with E-state index in [1.54, 1.807) is 25.3 Å². The summed E-state index contributed by atoms with van der Waals surface area (Å²) in [5, 5.41) is 6.82. The maximum absolute atomic E-state index is 12.2. The highest BCUT2D eigenvalue weighted by Crippen LogP contribution is 2.30. The number of aryl methyl sites for hydroxylation is 2. The van der Waals surface area contributed by atoms with Crippen LogP contribution in [0.5, 0.6) is 11.5 Å². The van der Waals surface area contributed by atoms with Gasteiger partial charge in [-0.15, -0.1) is 0 Å². The average Bonchev–Trinajstić information content (AvgIpc) is 3.17. The number of nitrogens with zero attached hydrogens (tertiary/aromatic N) is 2. The van der Waals surface area contributed by atoms with Crippen molar-refractivity contribution < 1.29 is 18.8 Å². The number of carbonyl (C=O) groups is 1. The molecule has 0 saturated heterocycles. The van der Waals surface area contributed by atoms with Crippen LogP contribution in [0.1, 0.15) is 24.8 Å². The van der Waals surface area contributed by atoms with Crippen LogP contribution >= 0.6 is 0 Å². The Balaban J connectivity index is 1.57. The van der Waals surface area contributed by atoms with Gasteiger partial charge in [-0.3, -0.25) is 4.79 Å². The van der Waals surface area contributed by atoms with E-state index in [4.69, 9.17) is 14.0 Å². The summed E-state index contributed by atoms with van der Waals surface area (Å²) in [6.45, 7) is 4.46. The molecule has 0 aliphatic rings. The Hall–Kier alpha value is -3.35. The molecule has 0 unspecified atom stereocenters. The first-order chi connectivity index (χ1) is 13.6. The molecule has 0 atom stereocenters. The van der Waals surface area contributed by atoms with E-state index in [0.717, 1.165) is 11.1 Å². The number of methoxy groups -OCH3 is 1. The van der Waals surface area contributed by atoms with Gasteiger partial charge in [0, 0.05) is 30.2 Å². The summed E-state index contributed by atoms with van der Waals surface area (Å²) in [5.74, 6) is 2.00. The molecule has 146 valence electrons. The quantitative estimate of drug-likeness (QED) is 0.634. The number of hydrogen-bond donors (Lipinski definition) is 1. The van der Waals surface area contributed by atoms with E-state index in [-0.39, 0.29) is 12.3 Å². The van der Waals surface area contributed by atoms with Crippen molar-refractivity contribution in [1.29, 1.82) is 0 Å². The number of nitrogens with one attached hydrogen (secondary N) is 1. The van der Waals surface area contributed by atoms with Crippen LogP contribution in [0.2, 0.25) is 0 Å². The SMILES string of the molecule is CCOc1ccc(NC(=O)CCc2nc(-c3ccc(C)cc3)no2)cc1OC. The molecular formula is C21H23N3O4. The number of carbonyl (C=O) groups excluding carboxylic acids is 1. The fraction of sp³-hybridized carbons (Fsp3) is 0.286. The topological polar surface area (TPSA) is 86.5 Å². The van der Waals surface area contributed by atoms with Crippen molar-refractivity contribution in [3.8, 4) is 22.9 Å². The summed E-state index contributed by atoms with van der Waals surface area (Å²) in [5.41, 5.74) is 2.68. The molecule has 0 spiro atoms. The minimum atomic E-state index is -0.152. The maximum Gasteiger partial charge on any atom is 0.227 e. The highest BCUT2D eigenvalue weighted by atomic mass is 16.5. The van der Waals surface area contributed by atoms with Crippen LogP contribution in [-0.4, -0.2) is 29.8 Å². The van der Waals surface area contributed by atoms with Gasteiger partial charge in [0.15, 0.2) is 11.5 Å². The van der Waals surface area contributed by atoms with Gasteiger partial charge in [0.2, 0.25) is 17.6 Å². The third-order valence-electron chi connectivity index (χ3n) is 4.09. The van der Waals surface area contributed by atoms with Crippen LogP contribution in [0.4, 0.5) is 5.69 Å². The van der Waals surface area contributed by atoms with Crippen LogP contribution in [0.3, 0.4) is 0 Å². The number of rotatable bonds is 8. The van der Waals surface area contributed by atoms with Crippen molar-refractivity contribution in [1.82, 2.24) is 10.1 Å². The van der Waals surface area contributed by atoms with E-state index >= 15 is 0 Å². The summed E-state index contributed by atoms with van der Waals surface area (Å²) < 4.78 is 16.0. The Labute approximate surface area is 163 Å². The largest absolute Gasteiger partial charge is 0.493 e. The average molecular weight is 381 g/mol. The summed E-state index contributed by atoms with van der Waals surface area (Å²) in [6, 6.07) is 13.1. The molecule has 1 amide bonds. The summed E-state index contributed by atoms with van der Waals surface area (Å²) in [7, 11) is 1.56. The minimum absolute atomic E-state index is 0.152. The predicted octanol–water partition coefficient (Wildman–Crippen LogP) is 4.02. The lowest BCUT2D eigenvalue weighted by atomic mass is 10.1. The van der Waals surface area contributed by atoms with Crippen LogP contribution in [-0.2, 0) is 11.2 Å². The Morgan fingerprint density at radius 1 is 1.14 bits per heavy atom. The molecule has 3 rings (SSSR count).